The van der Waals surface area contributed by atoms with Crippen LogP contribution in [0, 0.1) is 5.92 Å². The molecular weight excluding hydrogens is 356 g/mol. The molecule has 0 spiro atoms. The lowest BCUT2D eigenvalue weighted by molar-refractivity contribution is -0.138. The van der Waals surface area contributed by atoms with Crippen LogP contribution >= 0.6 is 0 Å². The van der Waals surface area contributed by atoms with E-state index in [1.54, 1.807) is 7.11 Å². The second kappa shape index (κ2) is 11.1. The molecule has 3 aliphatic rings. The van der Waals surface area contributed by atoms with Gasteiger partial charge in [0.25, 0.3) is 0 Å². The van der Waals surface area contributed by atoms with Crippen molar-refractivity contribution in [2.75, 3.05) is 66.1 Å². The number of piperidine rings is 1. The fourth-order valence-electron chi connectivity index (χ4n) is 5.04. The molecule has 1 saturated carbocycles. The van der Waals surface area contributed by atoms with Gasteiger partial charge in [0.2, 0.25) is 11.8 Å². The van der Waals surface area contributed by atoms with Crippen LogP contribution < -0.4 is 5.32 Å². The zero-order chi connectivity index (χ0) is 19.8. The molecule has 0 unspecified atom stereocenters. The predicted octanol–water partition coefficient (Wildman–Crippen LogP) is 0.938. The predicted molar refractivity (Wildman–Crippen MR) is 109 cm³/mol. The lowest BCUT2D eigenvalue weighted by Gasteiger charge is -2.40. The number of nitrogens with zero attached hydrogens (tertiary/aromatic N) is 3. The topological polar surface area (TPSA) is 65.1 Å². The summed E-state index contributed by atoms with van der Waals surface area (Å²) in [7, 11) is 1.55. The fourth-order valence-corrected chi connectivity index (χ4v) is 5.04. The number of rotatable bonds is 8. The van der Waals surface area contributed by atoms with E-state index in [1.165, 1.54) is 45.2 Å². The first-order valence-electron chi connectivity index (χ1n) is 11.2. The van der Waals surface area contributed by atoms with E-state index in [1.807, 2.05) is 4.90 Å². The van der Waals surface area contributed by atoms with Crippen LogP contribution in [0.3, 0.4) is 0 Å². The first-order valence-corrected chi connectivity index (χ1v) is 11.2. The van der Waals surface area contributed by atoms with Gasteiger partial charge >= 0.3 is 0 Å². The summed E-state index contributed by atoms with van der Waals surface area (Å²) in [5, 5.41) is 3.24. The Kier molecular flexibility index (Phi) is 8.55. The molecule has 28 heavy (non-hydrogen) atoms. The van der Waals surface area contributed by atoms with Crippen LogP contribution in [-0.2, 0) is 14.3 Å². The number of ether oxygens (including phenoxy) is 1. The van der Waals surface area contributed by atoms with Gasteiger partial charge in [-0.3, -0.25) is 14.5 Å². The Hall–Kier alpha value is -1.18. The number of methoxy groups -OCH3 is 1. The smallest absolute Gasteiger partial charge is 0.248 e. The van der Waals surface area contributed by atoms with Crippen molar-refractivity contribution in [1.29, 1.82) is 0 Å². The van der Waals surface area contributed by atoms with Crippen LogP contribution in [-0.4, -0.2) is 98.6 Å². The van der Waals surface area contributed by atoms with Gasteiger partial charge in [0.05, 0.1) is 6.04 Å². The highest BCUT2D eigenvalue weighted by molar-refractivity contribution is 5.82. The average Bonchev–Trinajstić information content (AvgIpc) is 3.24. The highest BCUT2D eigenvalue weighted by Crippen LogP contribution is 2.31. The molecule has 0 aromatic rings. The van der Waals surface area contributed by atoms with Crippen molar-refractivity contribution in [3.8, 4) is 0 Å². The monoisotopic (exact) mass is 394 g/mol. The van der Waals surface area contributed by atoms with Gasteiger partial charge in [-0.1, -0.05) is 19.3 Å². The number of piperazine rings is 1. The van der Waals surface area contributed by atoms with Crippen LogP contribution in [0.1, 0.15) is 44.9 Å². The SMILES string of the molecule is COCC(=O)N1CCN([C@@H](C(=O)NCCN2CCCCC2)C2CCCC2)CC1. The summed E-state index contributed by atoms with van der Waals surface area (Å²) >= 11 is 0. The normalized spacial score (nSPS) is 23.7. The third kappa shape index (κ3) is 5.91. The summed E-state index contributed by atoms with van der Waals surface area (Å²) in [6.45, 7) is 7.10. The van der Waals surface area contributed by atoms with E-state index < -0.39 is 0 Å². The van der Waals surface area contributed by atoms with E-state index in [2.05, 4.69) is 15.1 Å². The molecule has 0 bridgehead atoms. The van der Waals surface area contributed by atoms with Crippen molar-refractivity contribution in [1.82, 2.24) is 20.0 Å². The van der Waals surface area contributed by atoms with Crippen molar-refractivity contribution in [2.24, 2.45) is 5.92 Å². The zero-order valence-electron chi connectivity index (χ0n) is 17.5. The highest BCUT2D eigenvalue weighted by Gasteiger charge is 2.37. The molecule has 1 aliphatic carbocycles. The maximum Gasteiger partial charge on any atom is 0.248 e. The number of carbonyl (C=O) groups is 2. The molecule has 3 rings (SSSR count). The molecule has 3 fully saturated rings. The number of hydrogen-bond donors (Lipinski definition) is 1. The molecule has 1 atom stereocenters. The van der Waals surface area contributed by atoms with Gasteiger partial charge in [0, 0.05) is 46.4 Å². The standard InChI is InChI=1S/C21H38N4O3/c1-28-17-19(26)24-13-15-25(16-14-24)20(18-7-3-4-8-18)21(27)22-9-12-23-10-5-2-6-11-23/h18,20H,2-17H2,1H3,(H,22,27)/t20-/m1/s1. The Morgan fingerprint density at radius 1 is 0.964 bits per heavy atom. The summed E-state index contributed by atoms with van der Waals surface area (Å²) in [6, 6.07) is -0.0384. The molecule has 2 saturated heterocycles. The average molecular weight is 395 g/mol. The first-order chi connectivity index (χ1) is 13.7. The lowest BCUT2D eigenvalue weighted by Crippen LogP contribution is -2.58. The Bertz CT molecular complexity index is 496. The largest absolute Gasteiger partial charge is 0.375 e. The van der Waals surface area contributed by atoms with Crippen molar-refractivity contribution >= 4 is 11.8 Å². The molecule has 160 valence electrons. The summed E-state index contributed by atoms with van der Waals surface area (Å²) in [5.74, 6) is 0.697. The van der Waals surface area contributed by atoms with E-state index >= 15 is 0 Å². The maximum absolute atomic E-state index is 13.1. The molecule has 1 N–H and O–H groups in total. The van der Waals surface area contributed by atoms with Gasteiger partial charge in [-0.15, -0.1) is 0 Å². The van der Waals surface area contributed by atoms with E-state index in [-0.39, 0.29) is 24.5 Å². The van der Waals surface area contributed by atoms with E-state index in [4.69, 9.17) is 4.74 Å². The van der Waals surface area contributed by atoms with Crippen molar-refractivity contribution in [3.05, 3.63) is 0 Å². The molecule has 2 heterocycles. The second-order valence-electron chi connectivity index (χ2n) is 8.53. The molecule has 2 amide bonds. The first kappa shape index (κ1) is 21.5. The Balaban J connectivity index is 1.50. The highest BCUT2D eigenvalue weighted by atomic mass is 16.5. The van der Waals surface area contributed by atoms with Crippen LogP contribution in [0.5, 0.6) is 0 Å². The molecule has 0 radical (unpaired) electrons. The molecule has 0 aromatic heterocycles. The van der Waals surface area contributed by atoms with E-state index in [0.29, 0.717) is 19.0 Å². The number of hydrogen-bond acceptors (Lipinski definition) is 5. The third-order valence-corrected chi connectivity index (χ3v) is 6.62. The minimum Gasteiger partial charge on any atom is -0.375 e. The summed E-state index contributed by atoms with van der Waals surface area (Å²) in [6.07, 6.45) is 8.66. The van der Waals surface area contributed by atoms with Crippen LogP contribution in [0.15, 0.2) is 0 Å². The number of nitrogens with one attached hydrogen (secondary N) is 1. The van der Waals surface area contributed by atoms with Crippen LogP contribution in [0.2, 0.25) is 0 Å². The minimum atomic E-state index is -0.0384. The van der Waals surface area contributed by atoms with Gasteiger partial charge in [-0.25, -0.2) is 0 Å². The van der Waals surface area contributed by atoms with Gasteiger partial charge in [-0.2, -0.15) is 0 Å². The maximum atomic E-state index is 13.1. The Labute approximate surface area is 169 Å². The Morgan fingerprint density at radius 3 is 2.29 bits per heavy atom. The number of likely N-dealkylation sites (tertiary alicyclic amines) is 1. The van der Waals surface area contributed by atoms with Crippen molar-refractivity contribution < 1.29 is 14.3 Å². The minimum absolute atomic E-state index is 0.0384. The zero-order valence-corrected chi connectivity index (χ0v) is 17.5. The summed E-state index contributed by atoms with van der Waals surface area (Å²) in [5.41, 5.74) is 0. The van der Waals surface area contributed by atoms with E-state index in [0.717, 1.165) is 39.0 Å². The third-order valence-electron chi connectivity index (χ3n) is 6.62. The molecule has 7 nitrogen and oxygen atoms in total. The number of amides is 2. The summed E-state index contributed by atoms with van der Waals surface area (Å²) in [4.78, 5) is 31.8. The quantitative estimate of drug-likeness (QED) is 0.664. The van der Waals surface area contributed by atoms with Gasteiger partial charge in [-0.05, 0) is 44.7 Å². The van der Waals surface area contributed by atoms with E-state index in [9.17, 15) is 9.59 Å². The van der Waals surface area contributed by atoms with Crippen molar-refractivity contribution in [2.45, 2.75) is 51.0 Å². The van der Waals surface area contributed by atoms with Crippen LogP contribution in [0.25, 0.3) is 0 Å². The molecule has 2 aliphatic heterocycles. The molecule has 7 heteroatoms. The van der Waals surface area contributed by atoms with Gasteiger partial charge in [0.1, 0.15) is 6.61 Å². The van der Waals surface area contributed by atoms with Gasteiger partial charge in [0.15, 0.2) is 0 Å². The summed E-state index contributed by atoms with van der Waals surface area (Å²) < 4.78 is 4.97. The van der Waals surface area contributed by atoms with Crippen LogP contribution in [0.4, 0.5) is 0 Å². The number of carbonyl (C=O) groups excluding carboxylic acids is 2. The lowest BCUT2D eigenvalue weighted by atomic mass is 9.95. The molecule has 0 aromatic carbocycles. The fraction of sp³-hybridized carbons (Fsp3) is 0.905. The van der Waals surface area contributed by atoms with Gasteiger partial charge < -0.3 is 19.9 Å². The Morgan fingerprint density at radius 2 is 1.64 bits per heavy atom. The second-order valence-corrected chi connectivity index (χ2v) is 8.53. The molecular formula is C21H38N4O3. The van der Waals surface area contributed by atoms with Crippen molar-refractivity contribution in [3.63, 3.8) is 0 Å².